The van der Waals surface area contributed by atoms with Crippen molar-refractivity contribution in [3.63, 3.8) is 0 Å². The Morgan fingerprint density at radius 1 is 1.06 bits per heavy atom. The molecule has 1 heterocycles. The van der Waals surface area contributed by atoms with E-state index in [-0.39, 0.29) is 0 Å². The fourth-order valence-electron chi connectivity index (χ4n) is 2.08. The number of benzene rings is 1. The summed E-state index contributed by atoms with van der Waals surface area (Å²) >= 11 is 3.45. The fourth-order valence-corrected chi connectivity index (χ4v) is 2.49. The molecule has 0 aliphatic rings. The van der Waals surface area contributed by atoms with E-state index < -0.39 is 0 Å². The third-order valence-corrected chi connectivity index (χ3v) is 3.26. The van der Waals surface area contributed by atoms with Crippen LogP contribution in [0.25, 0.3) is 0 Å². The van der Waals surface area contributed by atoms with Crippen molar-refractivity contribution in [1.29, 1.82) is 0 Å². The Kier molecular flexibility index (Phi) is 4.02. The van der Waals surface area contributed by atoms with Crippen LogP contribution in [0.5, 0.6) is 0 Å². The minimum absolute atomic E-state index is 0.856. The van der Waals surface area contributed by atoms with Gasteiger partial charge in [-0.3, -0.25) is 4.98 Å². The molecular weight excluding hydrogens is 288 g/mol. The molecule has 0 bridgehead atoms. The highest BCUT2D eigenvalue weighted by molar-refractivity contribution is 9.10. The molecule has 1 aromatic carbocycles. The summed E-state index contributed by atoms with van der Waals surface area (Å²) < 4.78 is 1.02. The van der Waals surface area contributed by atoms with Gasteiger partial charge in [0.1, 0.15) is 0 Å². The van der Waals surface area contributed by atoms with Crippen molar-refractivity contribution in [2.24, 2.45) is 0 Å². The monoisotopic (exact) mass is 304 g/mol. The number of rotatable bonds is 3. The number of nitrogens with zero attached hydrogens (tertiary/aromatic N) is 2. The molecule has 0 aliphatic heterocycles. The van der Waals surface area contributed by atoms with E-state index in [0.29, 0.717) is 0 Å². The van der Waals surface area contributed by atoms with Crippen molar-refractivity contribution in [3.8, 4) is 0 Å². The Labute approximate surface area is 117 Å². The van der Waals surface area contributed by atoms with Gasteiger partial charge in [-0.05, 0) is 64.7 Å². The number of aryl methyl sites for hydroxylation is 2. The lowest BCUT2D eigenvalue weighted by Crippen LogP contribution is -2.16. The van der Waals surface area contributed by atoms with Crippen LogP contribution in [0.2, 0.25) is 0 Å². The molecule has 0 amide bonds. The molecule has 0 radical (unpaired) electrons. The second kappa shape index (κ2) is 5.53. The van der Waals surface area contributed by atoms with E-state index in [2.05, 4.69) is 71.0 Å². The van der Waals surface area contributed by atoms with Crippen molar-refractivity contribution in [3.05, 3.63) is 57.8 Å². The molecular formula is C15H17BrN2. The van der Waals surface area contributed by atoms with Gasteiger partial charge in [0.05, 0.1) is 0 Å². The number of hydrogen-bond acceptors (Lipinski definition) is 2. The van der Waals surface area contributed by atoms with Gasteiger partial charge >= 0.3 is 0 Å². The summed E-state index contributed by atoms with van der Waals surface area (Å²) in [5.41, 5.74) is 5.03. The maximum Gasteiger partial charge on any atom is 0.0441 e. The van der Waals surface area contributed by atoms with Crippen LogP contribution in [0.1, 0.15) is 16.7 Å². The van der Waals surface area contributed by atoms with Crippen molar-refractivity contribution < 1.29 is 0 Å². The van der Waals surface area contributed by atoms with Crippen LogP contribution in [-0.2, 0) is 6.54 Å². The van der Waals surface area contributed by atoms with E-state index in [4.69, 9.17) is 0 Å². The largest absolute Gasteiger partial charge is 0.370 e. The second-order valence-corrected chi connectivity index (χ2v) is 5.63. The first-order valence-electron chi connectivity index (χ1n) is 5.93. The van der Waals surface area contributed by atoms with E-state index in [9.17, 15) is 0 Å². The molecule has 0 fully saturated rings. The molecule has 1 aromatic heterocycles. The molecule has 0 atom stereocenters. The second-order valence-electron chi connectivity index (χ2n) is 4.71. The van der Waals surface area contributed by atoms with Gasteiger partial charge in [-0.2, -0.15) is 0 Å². The number of halogens is 1. The van der Waals surface area contributed by atoms with E-state index in [1.807, 2.05) is 6.20 Å². The Balaban J connectivity index is 2.19. The van der Waals surface area contributed by atoms with Gasteiger partial charge in [-0.15, -0.1) is 0 Å². The summed E-state index contributed by atoms with van der Waals surface area (Å²) in [6.45, 7) is 5.12. The van der Waals surface area contributed by atoms with Gasteiger partial charge in [-0.25, -0.2) is 0 Å². The van der Waals surface area contributed by atoms with Crippen LogP contribution in [0.3, 0.4) is 0 Å². The SMILES string of the molecule is Cc1cc(C)cc(N(C)Cc2cncc(Br)c2)c1. The molecule has 2 rings (SSSR count). The predicted octanol–water partition coefficient (Wildman–Crippen LogP) is 4.10. The topological polar surface area (TPSA) is 16.1 Å². The van der Waals surface area contributed by atoms with Crippen molar-refractivity contribution >= 4 is 21.6 Å². The first kappa shape index (κ1) is 13.1. The van der Waals surface area contributed by atoms with Gasteiger partial charge in [-0.1, -0.05) is 6.07 Å². The Hall–Kier alpha value is -1.35. The van der Waals surface area contributed by atoms with Gasteiger partial charge in [0.2, 0.25) is 0 Å². The maximum atomic E-state index is 4.19. The molecule has 3 heteroatoms. The first-order valence-corrected chi connectivity index (χ1v) is 6.73. The molecule has 0 unspecified atom stereocenters. The van der Waals surface area contributed by atoms with Gasteiger partial charge < -0.3 is 4.90 Å². The highest BCUT2D eigenvalue weighted by Gasteiger charge is 2.04. The number of aromatic nitrogens is 1. The lowest BCUT2D eigenvalue weighted by molar-refractivity contribution is 0.912. The average Bonchev–Trinajstić information content (AvgIpc) is 2.27. The normalized spacial score (nSPS) is 10.4. The molecule has 18 heavy (non-hydrogen) atoms. The van der Waals surface area contributed by atoms with Crippen molar-refractivity contribution in [2.45, 2.75) is 20.4 Å². The molecule has 0 N–H and O–H groups in total. The van der Waals surface area contributed by atoms with Crippen molar-refractivity contribution in [1.82, 2.24) is 4.98 Å². The van der Waals surface area contributed by atoms with E-state index in [1.165, 1.54) is 22.4 Å². The summed E-state index contributed by atoms with van der Waals surface area (Å²) in [4.78, 5) is 6.43. The standard InChI is InChI=1S/C15H17BrN2/c1-11-4-12(2)6-15(5-11)18(3)10-13-7-14(16)9-17-8-13/h4-9H,10H2,1-3H3. The molecule has 0 saturated carbocycles. The number of pyridine rings is 1. The number of anilines is 1. The summed E-state index contributed by atoms with van der Waals surface area (Å²) in [6, 6.07) is 8.71. The maximum absolute atomic E-state index is 4.19. The zero-order valence-corrected chi connectivity index (χ0v) is 12.5. The predicted molar refractivity (Wildman–Crippen MR) is 80.0 cm³/mol. The first-order chi connectivity index (χ1) is 8.54. The van der Waals surface area contributed by atoms with Crippen LogP contribution in [0.4, 0.5) is 5.69 Å². The van der Waals surface area contributed by atoms with E-state index in [1.54, 1.807) is 6.20 Å². The average molecular weight is 305 g/mol. The van der Waals surface area contributed by atoms with Crippen LogP contribution >= 0.6 is 15.9 Å². The molecule has 0 spiro atoms. The van der Waals surface area contributed by atoms with Gasteiger partial charge in [0, 0.05) is 36.1 Å². The quantitative estimate of drug-likeness (QED) is 0.849. The third kappa shape index (κ3) is 3.33. The highest BCUT2D eigenvalue weighted by atomic mass is 79.9. The summed E-state index contributed by atoms with van der Waals surface area (Å²) in [6.07, 6.45) is 3.71. The van der Waals surface area contributed by atoms with Gasteiger partial charge in [0.25, 0.3) is 0 Å². The van der Waals surface area contributed by atoms with Crippen LogP contribution < -0.4 is 4.90 Å². The van der Waals surface area contributed by atoms with Crippen LogP contribution in [-0.4, -0.2) is 12.0 Å². The van der Waals surface area contributed by atoms with E-state index in [0.717, 1.165) is 11.0 Å². The summed E-state index contributed by atoms with van der Waals surface area (Å²) in [7, 11) is 2.11. The highest BCUT2D eigenvalue weighted by Crippen LogP contribution is 2.20. The van der Waals surface area contributed by atoms with Crippen LogP contribution in [0.15, 0.2) is 41.1 Å². The Bertz CT molecular complexity index is 532. The third-order valence-electron chi connectivity index (χ3n) is 2.83. The van der Waals surface area contributed by atoms with Gasteiger partial charge in [0.15, 0.2) is 0 Å². The molecule has 94 valence electrons. The zero-order chi connectivity index (χ0) is 13.1. The zero-order valence-electron chi connectivity index (χ0n) is 10.9. The lowest BCUT2D eigenvalue weighted by atomic mass is 10.1. The number of hydrogen-bond donors (Lipinski definition) is 0. The van der Waals surface area contributed by atoms with E-state index >= 15 is 0 Å². The molecule has 0 saturated heterocycles. The van der Waals surface area contributed by atoms with Crippen molar-refractivity contribution in [2.75, 3.05) is 11.9 Å². The molecule has 0 aliphatic carbocycles. The lowest BCUT2D eigenvalue weighted by Gasteiger charge is -2.20. The molecule has 2 aromatic rings. The summed E-state index contributed by atoms with van der Waals surface area (Å²) in [5, 5.41) is 0. The minimum atomic E-state index is 0.856. The molecule has 2 nitrogen and oxygen atoms in total. The Morgan fingerprint density at radius 3 is 2.33 bits per heavy atom. The minimum Gasteiger partial charge on any atom is -0.370 e. The fraction of sp³-hybridized carbons (Fsp3) is 0.267. The smallest absolute Gasteiger partial charge is 0.0441 e. The summed E-state index contributed by atoms with van der Waals surface area (Å²) in [5.74, 6) is 0. The Morgan fingerprint density at radius 2 is 1.72 bits per heavy atom. The van der Waals surface area contributed by atoms with Crippen LogP contribution in [0, 0.1) is 13.8 Å².